The second-order valence-corrected chi connectivity index (χ2v) is 6.06. The van der Waals surface area contributed by atoms with Crippen molar-refractivity contribution in [3.8, 4) is 11.3 Å². The fourth-order valence-electron chi connectivity index (χ4n) is 3.17. The Kier molecular flexibility index (Phi) is 3.86. The fourth-order valence-corrected chi connectivity index (χ4v) is 3.17. The van der Waals surface area contributed by atoms with Gasteiger partial charge < -0.3 is 4.57 Å². The summed E-state index contributed by atoms with van der Waals surface area (Å²) in [5.74, 6) is 0.520. The molecule has 2 heterocycles. The summed E-state index contributed by atoms with van der Waals surface area (Å²) in [6.45, 7) is 3.18. The van der Waals surface area contributed by atoms with Gasteiger partial charge in [-0.05, 0) is 29.8 Å². The van der Waals surface area contributed by atoms with E-state index in [1.807, 2.05) is 24.4 Å². The minimum absolute atomic E-state index is 0.215. The van der Waals surface area contributed by atoms with E-state index in [0.717, 1.165) is 48.8 Å². The predicted molar refractivity (Wildman–Crippen MR) is 88.1 cm³/mol. The minimum Gasteiger partial charge on any atom is -0.326 e. The molecule has 24 heavy (non-hydrogen) atoms. The summed E-state index contributed by atoms with van der Waals surface area (Å²) in [6, 6.07) is 13.2. The molecule has 4 rings (SSSR count). The van der Waals surface area contributed by atoms with Crippen LogP contribution in [0.3, 0.4) is 0 Å². The van der Waals surface area contributed by atoms with E-state index >= 15 is 0 Å². The Hall–Kier alpha value is -2.53. The van der Waals surface area contributed by atoms with Gasteiger partial charge >= 0.3 is 0 Å². The standard InChI is InChI=1S/C19H17F2N3/c20-16-6-4-14(5-7-16)12-23-8-9-24-18(11-22-19(24)13-23)15-2-1-3-17(21)10-15/h1-7,10-11H,8-9,12-13H2. The Morgan fingerprint density at radius 3 is 2.58 bits per heavy atom. The van der Waals surface area contributed by atoms with Crippen LogP contribution in [0.4, 0.5) is 8.78 Å². The predicted octanol–water partition coefficient (Wildman–Crippen LogP) is 3.84. The van der Waals surface area contributed by atoms with Crippen molar-refractivity contribution in [1.29, 1.82) is 0 Å². The first-order valence-corrected chi connectivity index (χ1v) is 7.96. The monoisotopic (exact) mass is 325 g/mol. The Balaban J connectivity index is 1.53. The third-order valence-electron chi connectivity index (χ3n) is 4.38. The van der Waals surface area contributed by atoms with E-state index in [-0.39, 0.29) is 11.6 Å². The van der Waals surface area contributed by atoms with Crippen LogP contribution in [0, 0.1) is 11.6 Å². The largest absolute Gasteiger partial charge is 0.326 e. The molecule has 0 saturated carbocycles. The first-order chi connectivity index (χ1) is 11.7. The molecule has 1 aliphatic heterocycles. The zero-order valence-electron chi connectivity index (χ0n) is 13.1. The molecule has 3 aromatic rings. The number of benzene rings is 2. The molecule has 3 nitrogen and oxygen atoms in total. The summed E-state index contributed by atoms with van der Waals surface area (Å²) in [5, 5.41) is 0. The summed E-state index contributed by atoms with van der Waals surface area (Å²) >= 11 is 0. The van der Waals surface area contributed by atoms with Crippen LogP contribution in [0.1, 0.15) is 11.4 Å². The van der Waals surface area contributed by atoms with Gasteiger partial charge in [0.2, 0.25) is 0 Å². The highest BCUT2D eigenvalue weighted by atomic mass is 19.1. The molecule has 2 aromatic carbocycles. The number of rotatable bonds is 3. The molecule has 0 radical (unpaired) electrons. The molecule has 122 valence electrons. The average Bonchev–Trinajstić information content (AvgIpc) is 3.00. The van der Waals surface area contributed by atoms with E-state index in [0.29, 0.717) is 0 Å². The number of halogens is 2. The van der Waals surface area contributed by atoms with Gasteiger partial charge in [0.1, 0.15) is 17.5 Å². The van der Waals surface area contributed by atoms with Crippen LogP contribution in [0.15, 0.2) is 54.7 Å². The van der Waals surface area contributed by atoms with Gasteiger partial charge in [-0.2, -0.15) is 0 Å². The second-order valence-electron chi connectivity index (χ2n) is 6.06. The molecule has 5 heteroatoms. The number of imidazole rings is 1. The van der Waals surface area contributed by atoms with E-state index in [1.165, 1.54) is 24.3 Å². The summed E-state index contributed by atoms with van der Waals surface area (Å²) in [6.07, 6.45) is 1.81. The van der Waals surface area contributed by atoms with Crippen molar-refractivity contribution in [3.63, 3.8) is 0 Å². The van der Waals surface area contributed by atoms with Crippen LogP contribution < -0.4 is 0 Å². The number of aromatic nitrogens is 2. The summed E-state index contributed by atoms with van der Waals surface area (Å²) in [4.78, 5) is 6.79. The molecule has 0 aliphatic carbocycles. The van der Waals surface area contributed by atoms with Crippen LogP contribution >= 0.6 is 0 Å². The molecule has 0 N–H and O–H groups in total. The quantitative estimate of drug-likeness (QED) is 0.729. The van der Waals surface area contributed by atoms with E-state index in [2.05, 4.69) is 14.5 Å². The number of fused-ring (bicyclic) bond motifs is 1. The van der Waals surface area contributed by atoms with Crippen molar-refractivity contribution in [2.75, 3.05) is 6.54 Å². The molecule has 0 atom stereocenters. The van der Waals surface area contributed by atoms with Crippen molar-refractivity contribution in [2.24, 2.45) is 0 Å². The smallest absolute Gasteiger partial charge is 0.123 e. The van der Waals surface area contributed by atoms with Crippen molar-refractivity contribution < 1.29 is 8.78 Å². The first kappa shape index (κ1) is 15.0. The van der Waals surface area contributed by atoms with E-state index in [1.54, 1.807) is 6.07 Å². The van der Waals surface area contributed by atoms with Crippen LogP contribution in [-0.4, -0.2) is 21.0 Å². The lowest BCUT2D eigenvalue weighted by atomic mass is 10.1. The molecule has 1 aliphatic rings. The molecule has 0 amide bonds. The highest BCUT2D eigenvalue weighted by molar-refractivity contribution is 5.59. The number of hydrogen-bond acceptors (Lipinski definition) is 2. The third-order valence-corrected chi connectivity index (χ3v) is 4.38. The Morgan fingerprint density at radius 1 is 0.958 bits per heavy atom. The molecule has 0 spiro atoms. The van der Waals surface area contributed by atoms with Crippen molar-refractivity contribution in [2.45, 2.75) is 19.6 Å². The maximum atomic E-state index is 13.5. The molecule has 0 bridgehead atoms. The third kappa shape index (κ3) is 2.95. The zero-order valence-corrected chi connectivity index (χ0v) is 13.1. The van der Waals surface area contributed by atoms with Gasteiger partial charge in [-0.15, -0.1) is 0 Å². The van der Waals surface area contributed by atoms with Crippen LogP contribution in [0.25, 0.3) is 11.3 Å². The van der Waals surface area contributed by atoms with Crippen LogP contribution in [0.5, 0.6) is 0 Å². The van der Waals surface area contributed by atoms with E-state index < -0.39 is 0 Å². The van der Waals surface area contributed by atoms with Gasteiger partial charge in [-0.3, -0.25) is 4.90 Å². The fraction of sp³-hybridized carbons (Fsp3) is 0.211. The number of hydrogen-bond donors (Lipinski definition) is 0. The average molecular weight is 325 g/mol. The van der Waals surface area contributed by atoms with E-state index in [9.17, 15) is 8.78 Å². The molecule has 0 saturated heterocycles. The zero-order chi connectivity index (χ0) is 16.5. The Morgan fingerprint density at radius 2 is 1.79 bits per heavy atom. The summed E-state index contributed by atoms with van der Waals surface area (Å²) in [5.41, 5.74) is 2.88. The van der Waals surface area contributed by atoms with Crippen molar-refractivity contribution >= 4 is 0 Å². The van der Waals surface area contributed by atoms with Crippen molar-refractivity contribution in [1.82, 2.24) is 14.5 Å². The lowest BCUT2D eigenvalue weighted by Gasteiger charge is -2.28. The molecule has 0 fully saturated rings. The van der Waals surface area contributed by atoms with Gasteiger partial charge in [-0.1, -0.05) is 24.3 Å². The van der Waals surface area contributed by atoms with E-state index in [4.69, 9.17) is 0 Å². The Labute approximate surface area is 139 Å². The lowest BCUT2D eigenvalue weighted by Crippen LogP contribution is -2.33. The topological polar surface area (TPSA) is 21.1 Å². The first-order valence-electron chi connectivity index (χ1n) is 7.96. The number of nitrogens with zero attached hydrogens (tertiary/aromatic N) is 3. The maximum absolute atomic E-state index is 13.5. The molecule has 1 aromatic heterocycles. The highest BCUT2D eigenvalue weighted by Gasteiger charge is 2.20. The molecular formula is C19H17F2N3. The summed E-state index contributed by atoms with van der Waals surface area (Å²) < 4.78 is 28.6. The maximum Gasteiger partial charge on any atom is 0.123 e. The van der Waals surface area contributed by atoms with Crippen LogP contribution in [0.2, 0.25) is 0 Å². The van der Waals surface area contributed by atoms with Gasteiger partial charge in [0.25, 0.3) is 0 Å². The Bertz CT molecular complexity index is 855. The van der Waals surface area contributed by atoms with Crippen molar-refractivity contribution in [3.05, 3.63) is 77.8 Å². The molecular weight excluding hydrogens is 308 g/mol. The highest BCUT2D eigenvalue weighted by Crippen LogP contribution is 2.25. The minimum atomic E-state index is -0.239. The van der Waals surface area contributed by atoms with Crippen LogP contribution in [-0.2, 0) is 19.6 Å². The van der Waals surface area contributed by atoms with Gasteiger partial charge in [0, 0.05) is 25.2 Å². The van der Waals surface area contributed by atoms with Gasteiger partial charge in [0.05, 0.1) is 18.4 Å². The molecule has 0 unspecified atom stereocenters. The SMILES string of the molecule is Fc1ccc(CN2CCn3c(-c4cccc(F)c4)cnc3C2)cc1. The summed E-state index contributed by atoms with van der Waals surface area (Å²) in [7, 11) is 0. The van der Waals surface area contributed by atoms with Gasteiger partial charge in [-0.25, -0.2) is 13.8 Å². The lowest BCUT2D eigenvalue weighted by molar-refractivity contribution is 0.209. The normalized spacial score (nSPS) is 14.6. The second kappa shape index (κ2) is 6.17. The van der Waals surface area contributed by atoms with Gasteiger partial charge in [0.15, 0.2) is 0 Å².